The summed E-state index contributed by atoms with van der Waals surface area (Å²) < 4.78 is 5.10. The summed E-state index contributed by atoms with van der Waals surface area (Å²) in [7, 11) is 1.59. The van der Waals surface area contributed by atoms with Crippen molar-refractivity contribution in [3.05, 3.63) is 12.1 Å². The molecule has 0 unspecified atom stereocenters. The molecule has 90 valence electrons. The summed E-state index contributed by atoms with van der Waals surface area (Å²) in [5.74, 6) is 1.33. The number of nitrogens with one attached hydrogen (secondary N) is 2. The molecule has 5 nitrogen and oxygen atoms in total. The molecule has 1 amide bonds. The number of methoxy groups -OCH3 is 1. The van der Waals surface area contributed by atoms with Gasteiger partial charge in [-0.05, 0) is 25.3 Å². The predicted octanol–water partition coefficient (Wildman–Crippen LogP) is 1.77. The lowest BCUT2D eigenvalue weighted by Gasteiger charge is -2.41. The van der Waals surface area contributed by atoms with Crippen LogP contribution in [0.1, 0.15) is 25.7 Å². The van der Waals surface area contributed by atoms with Crippen molar-refractivity contribution < 1.29 is 9.53 Å². The van der Waals surface area contributed by atoms with Crippen molar-refractivity contribution in [3.8, 4) is 5.88 Å². The third-order valence-corrected chi connectivity index (χ3v) is 3.55. The van der Waals surface area contributed by atoms with Gasteiger partial charge in [-0.3, -0.25) is 4.79 Å². The lowest BCUT2D eigenvalue weighted by Crippen LogP contribution is -2.46. The average Bonchev–Trinajstić information content (AvgIpc) is 2.42. The Hall–Kier alpha value is -1.78. The van der Waals surface area contributed by atoms with E-state index in [4.69, 9.17) is 4.74 Å². The van der Waals surface area contributed by atoms with Crippen molar-refractivity contribution in [2.24, 2.45) is 0 Å². The summed E-state index contributed by atoms with van der Waals surface area (Å²) in [5.41, 5.74) is 0.647. The van der Waals surface area contributed by atoms with E-state index in [1.54, 1.807) is 13.2 Å². The minimum atomic E-state index is -0.0886. The van der Waals surface area contributed by atoms with Crippen molar-refractivity contribution in [3.63, 3.8) is 0 Å². The first-order chi connectivity index (χ1) is 8.21. The Morgan fingerprint density at radius 1 is 1.41 bits per heavy atom. The molecule has 2 N–H and O–H groups in total. The van der Waals surface area contributed by atoms with Crippen LogP contribution >= 0.6 is 0 Å². The summed E-state index contributed by atoms with van der Waals surface area (Å²) in [5, 5.41) is 6.28. The standard InChI is InChI=1S/C12H15N3O2/c1-17-10-4-3-8-11(14-10)15-12(5-2-6-12)7-9(16)13-8/h3-4H,2,5-7H2,1H3,(H,13,16)(H,14,15). The quantitative estimate of drug-likeness (QED) is 0.776. The number of ether oxygens (including phenoxy) is 1. The molecule has 5 heteroatoms. The Morgan fingerprint density at radius 2 is 2.24 bits per heavy atom. The molecule has 0 radical (unpaired) electrons. The maximum absolute atomic E-state index is 11.8. The number of carbonyl (C=O) groups excluding carboxylic acids is 1. The average molecular weight is 233 g/mol. The van der Waals surface area contributed by atoms with Crippen molar-refractivity contribution in [1.82, 2.24) is 4.98 Å². The Bertz CT molecular complexity index is 469. The van der Waals surface area contributed by atoms with Crippen LogP contribution in [-0.4, -0.2) is 23.5 Å². The predicted molar refractivity (Wildman–Crippen MR) is 64.2 cm³/mol. The molecule has 1 aliphatic carbocycles. The van der Waals surface area contributed by atoms with E-state index in [9.17, 15) is 4.79 Å². The molecule has 1 fully saturated rings. The summed E-state index contributed by atoms with van der Waals surface area (Å²) in [6.07, 6.45) is 3.74. The van der Waals surface area contributed by atoms with E-state index < -0.39 is 0 Å². The van der Waals surface area contributed by atoms with E-state index >= 15 is 0 Å². The number of pyridine rings is 1. The zero-order valence-corrected chi connectivity index (χ0v) is 9.75. The smallest absolute Gasteiger partial charge is 0.226 e. The molecule has 0 atom stereocenters. The fourth-order valence-corrected chi connectivity index (χ4v) is 2.45. The third-order valence-electron chi connectivity index (χ3n) is 3.55. The maximum Gasteiger partial charge on any atom is 0.226 e. The van der Waals surface area contributed by atoms with E-state index in [-0.39, 0.29) is 11.4 Å². The summed E-state index contributed by atoms with van der Waals surface area (Å²) in [6, 6.07) is 3.57. The van der Waals surface area contributed by atoms with Gasteiger partial charge >= 0.3 is 0 Å². The van der Waals surface area contributed by atoms with Gasteiger partial charge in [-0.1, -0.05) is 0 Å². The van der Waals surface area contributed by atoms with Crippen LogP contribution < -0.4 is 15.4 Å². The Morgan fingerprint density at radius 3 is 2.88 bits per heavy atom. The molecule has 0 aromatic carbocycles. The van der Waals surface area contributed by atoms with Crippen LogP contribution in [0, 0.1) is 0 Å². The van der Waals surface area contributed by atoms with Gasteiger partial charge in [-0.15, -0.1) is 0 Å². The van der Waals surface area contributed by atoms with Crippen LogP contribution in [0.2, 0.25) is 0 Å². The van der Waals surface area contributed by atoms with Crippen molar-refractivity contribution in [2.75, 3.05) is 17.7 Å². The van der Waals surface area contributed by atoms with Gasteiger partial charge in [-0.2, -0.15) is 4.98 Å². The number of rotatable bonds is 1. The molecule has 1 aromatic heterocycles. The SMILES string of the molecule is COc1ccc2c(n1)NC1(CCC1)CC(=O)N2. The second kappa shape index (κ2) is 3.61. The number of hydrogen-bond acceptors (Lipinski definition) is 4. The zero-order valence-electron chi connectivity index (χ0n) is 9.75. The second-order valence-electron chi connectivity index (χ2n) is 4.73. The molecule has 3 rings (SSSR count). The van der Waals surface area contributed by atoms with Gasteiger partial charge in [0.25, 0.3) is 0 Å². The van der Waals surface area contributed by atoms with Gasteiger partial charge in [0.05, 0.1) is 12.8 Å². The maximum atomic E-state index is 11.8. The first-order valence-electron chi connectivity index (χ1n) is 5.84. The van der Waals surface area contributed by atoms with E-state index in [1.165, 1.54) is 6.42 Å². The van der Waals surface area contributed by atoms with Crippen molar-refractivity contribution >= 4 is 17.4 Å². The van der Waals surface area contributed by atoms with Crippen LogP contribution in [-0.2, 0) is 4.79 Å². The van der Waals surface area contributed by atoms with E-state index in [0.29, 0.717) is 12.3 Å². The normalized spacial score (nSPS) is 20.6. The Balaban J connectivity index is 1.99. The third kappa shape index (κ3) is 1.71. The molecular formula is C12H15N3O2. The highest BCUT2D eigenvalue weighted by Gasteiger charge is 2.41. The zero-order chi connectivity index (χ0) is 11.9. The van der Waals surface area contributed by atoms with Crippen molar-refractivity contribution in [2.45, 2.75) is 31.2 Å². The Kier molecular flexibility index (Phi) is 2.21. The van der Waals surface area contributed by atoms with E-state index in [2.05, 4.69) is 15.6 Å². The molecule has 1 saturated carbocycles. The van der Waals surface area contributed by atoms with Gasteiger partial charge in [0.2, 0.25) is 11.8 Å². The second-order valence-corrected chi connectivity index (χ2v) is 4.73. The number of carbonyl (C=O) groups is 1. The highest BCUT2D eigenvalue weighted by Crippen LogP contribution is 2.41. The largest absolute Gasteiger partial charge is 0.481 e. The van der Waals surface area contributed by atoms with E-state index in [0.717, 1.165) is 24.3 Å². The fourth-order valence-electron chi connectivity index (χ4n) is 2.45. The molecule has 0 saturated heterocycles. The van der Waals surface area contributed by atoms with Gasteiger partial charge in [0.15, 0.2) is 5.82 Å². The van der Waals surface area contributed by atoms with E-state index in [1.807, 2.05) is 6.07 Å². The molecular weight excluding hydrogens is 218 g/mol. The fraction of sp³-hybridized carbons (Fsp3) is 0.500. The van der Waals surface area contributed by atoms with Gasteiger partial charge in [0, 0.05) is 18.0 Å². The van der Waals surface area contributed by atoms with Crippen LogP contribution in [0.3, 0.4) is 0 Å². The lowest BCUT2D eigenvalue weighted by molar-refractivity contribution is -0.117. The van der Waals surface area contributed by atoms with Gasteiger partial charge in [0.1, 0.15) is 0 Å². The summed E-state index contributed by atoms with van der Waals surface area (Å²) in [6.45, 7) is 0. The van der Waals surface area contributed by atoms with Crippen LogP contribution in [0.25, 0.3) is 0 Å². The number of hydrogen-bond donors (Lipinski definition) is 2. The first kappa shape index (κ1) is 10.4. The summed E-state index contributed by atoms with van der Waals surface area (Å²) in [4.78, 5) is 16.2. The van der Waals surface area contributed by atoms with Gasteiger partial charge in [-0.25, -0.2) is 0 Å². The highest BCUT2D eigenvalue weighted by atomic mass is 16.5. The number of fused-ring (bicyclic) bond motifs is 1. The molecule has 1 spiro atoms. The minimum absolute atomic E-state index is 0.0583. The van der Waals surface area contributed by atoms with Gasteiger partial charge < -0.3 is 15.4 Å². The van der Waals surface area contributed by atoms with Crippen LogP contribution in [0.5, 0.6) is 5.88 Å². The number of anilines is 2. The summed E-state index contributed by atoms with van der Waals surface area (Å²) >= 11 is 0. The topological polar surface area (TPSA) is 63.2 Å². The highest BCUT2D eigenvalue weighted by molar-refractivity contribution is 5.96. The van der Waals surface area contributed by atoms with Crippen LogP contribution in [0.4, 0.5) is 11.5 Å². The molecule has 0 bridgehead atoms. The number of nitrogens with zero attached hydrogens (tertiary/aromatic N) is 1. The first-order valence-corrected chi connectivity index (χ1v) is 5.84. The monoisotopic (exact) mass is 233 g/mol. The molecule has 2 heterocycles. The number of aromatic nitrogens is 1. The molecule has 17 heavy (non-hydrogen) atoms. The Labute approximate surface area is 99.6 Å². The molecule has 2 aliphatic rings. The molecule has 1 aliphatic heterocycles. The molecule has 1 aromatic rings. The number of amides is 1. The minimum Gasteiger partial charge on any atom is -0.481 e. The van der Waals surface area contributed by atoms with Crippen LogP contribution in [0.15, 0.2) is 12.1 Å². The van der Waals surface area contributed by atoms with Crippen molar-refractivity contribution in [1.29, 1.82) is 0 Å². The lowest BCUT2D eigenvalue weighted by atomic mass is 9.74.